The molecule has 1 fully saturated rings. The molecule has 0 unspecified atom stereocenters. The lowest BCUT2D eigenvalue weighted by Crippen LogP contribution is -2.37. The third-order valence-electron chi connectivity index (χ3n) is 5.00. The van der Waals surface area contributed by atoms with Crippen LogP contribution in [0.1, 0.15) is 18.9 Å². The van der Waals surface area contributed by atoms with Crippen LogP contribution in [0, 0.1) is 23.7 Å². The Labute approximate surface area is 119 Å². The van der Waals surface area contributed by atoms with E-state index in [1.807, 2.05) is 25.1 Å². The largest absolute Gasteiger partial charge is 0.463 e. The second-order valence-corrected chi connectivity index (χ2v) is 5.91. The van der Waals surface area contributed by atoms with Crippen molar-refractivity contribution in [3.05, 3.63) is 53.6 Å². The van der Waals surface area contributed by atoms with Gasteiger partial charge in [0.2, 0.25) is 0 Å². The smallest absolute Gasteiger partial charge is 0.334 e. The first kappa shape index (κ1) is 12.0. The van der Waals surface area contributed by atoms with Gasteiger partial charge in [0.05, 0.1) is 6.61 Å². The average Bonchev–Trinajstić information content (AvgIpc) is 2.98. The third-order valence-corrected chi connectivity index (χ3v) is 5.00. The van der Waals surface area contributed by atoms with E-state index in [9.17, 15) is 4.79 Å². The van der Waals surface area contributed by atoms with Gasteiger partial charge in [-0.1, -0.05) is 42.5 Å². The number of ether oxygens (including phenoxy) is 1. The first-order valence-electron chi connectivity index (χ1n) is 7.46. The van der Waals surface area contributed by atoms with Gasteiger partial charge in [-0.2, -0.15) is 0 Å². The number of benzene rings is 1. The van der Waals surface area contributed by atoms with Crippen LogP contribution in [-0.2, 0) is 9.53 Å². The number of fused-ring (bicyclic) bond motifs is 5. The molecule has 0 heterocycles. The maximum Gasteiger partial charge on any atom is 0.334 e. The van der Waals surface area contributed by atoms with E-state index < -0.39 is 0 Å². The highest BCUT2D eigenvalue weighted by Gasteiger charge is 2.57. The molecule has 0 amide bonds. The van der Waals surface area contributed by atoms with Crippen LogP contribution < -0.4 is 0 Å². The van der Waals surface area contributed by atoms with Crippen LogP contribution >= 0.6 is 0 Å². The first-order valence-corrected chi connectivity index (χ1v) is 7.46. The van der Waals surface area contributed by atoms with Crippen LogP contribution in [0.2, 0.25) is 0 Å². The Morgan fingerprint density at radius 3 is 2.55 bits per heavy atom. The Hall–Kier alpha value is -1.83. The van der Waals surface area contributed by atoms with Gasteiger partial charge >= 0.3 is 5.97 Å². The van der Waals surface area contributed by atoms with Gasteiger partial charge in [0.15, 0.2) is 0 Å². The molecule has 0 N–H and O–H groups in total. The van der Waals surface area contributed by atoms with E-state index >= 15 is 0 Å². The molecule has 0 aliphatic heterocycles. The van der Waals surface area contributed by atoms with Crippen LogP contribution in [0.4, 0.5) is 0 Å². The molecule has 0 aromatic heterocycles. The molecule has 102 valence electrons. The van der Waals surface area contributed by atoms with Crippen molar-refractivity contribution in [1.29, 1.82) is 0 Å². The summed E-state index contributed by atoms with van der Waals surface area (Å²) in [4.78, 5) is 12.3. The maximum absolute atomic E-state index is 12.3. The molecule has 3 aliphatic carbocycles. The van der Waals surface area contributed by atoms with Crippen molar-refractivity contribution in [3.63, 3.8) is 0 Å². The van der Waals surface area contributed by atoms with Crippen molar-refractivity contribution in [2.24, 2.45) is 23.7 Å². The fourth-order valence-corrected chi connectivity index (χ4v) is 4.29. The summed E-state index contributed by atoms with van der Waals surface area (Å²) in [7, 11) is 0. The molecule has 20 heavy (non-hydrogen) atoms. The lowest BCUT2D eigenvalue weighted by Gasteiger charge is -2.42. The molecule has 2 heteroatoms. The number of allylic oxidation sites excluding steroid dienone is 3. The highest BCUT2D eigenvalue weighted by molar-refractivity contribution is 6.03. The summed E-state index contributed by atoms with van der Waals surface area (Å²) < 4.78 is 5.29. The summed E-state index contributed by atoms with van der Waals surface area (Å²) in [5.41, 5.74) is 3.38. The zero-order chi connectivity index (χ0) is 13.7. The number of esters is 1. The van der Waals surface area contributed by atoms with Crippen LogP contribution in [-0.4, -0.2) is 12.6 Å². The zero-order valence-electron chi connectivity index (χ0n) is 11.6. The first-order chi connectivity index (χ1) is 9.81. The molecule has 2 bridgehead atoms. The molecule has 1 aromatic carbocycles. The van der Waals surface area contributed by atoms with Crippen LogP contribution in [0.25, 0.3) is 5.57 Å². The molecule has 0 radical (unpaired) electrons. The number of rotatable bonds is 3. The predicted octanol–water partition coefficient (Wildman–Crippen LogP) is 3.46. The molecule has 4 rings (SSSR count). The number of hydrogen-bond donors (Lipinski definition) is 0. The fraction of sp³-hybridized carbons (Fsp3) is 0.389. The minimum absolute atomic E-state index is 0.103. The second kappa shape index (κ2) is 4.34. The van der Waals surface area contributed by atoms with Gasteiger partial charge in [-0.15, -0.1) is 0 Å². The third kappa shape index (κ3) is 1.48. The van der Waals surface area contributed by atoms with Gasteiger partial charge < -0.3 is 4.74 Å². The number of carbonyl (C=O) groups excluding carboxylic acids is 1. The van der Waals surface area contributed by atoms with Crippen molar-refractivity contribution < 1.29 is 9.53 Å². The molecule has 0 spiro atoms. The van der Waals surface area contributed by atoms with Gasteiger partial charge in [0, 0.05) is 11.5 Å². The van der Waals surface area contributed by atoms with Gasteiger partial charge in [-0.05, 0) is 42.2 Å². The van der Waals surface area contributed by atoms with Crippen molar-refractivity contribution in [2.45, 2.75) is 13.3 Å². The monoisotopic (exact) mass is 266 g/mol. The highest BCUT2D eigenvalue weighted by atomic mass is 16.5. The fourth-order valence-electron chi connectivity index (χ4n) is 4.29. The molecule has 4 atom stereocenters. The molecular formula is C18H18O2. The van der Waals surface area contributed by atoms with E-state index in [1.165, 1.54) is 17.6 Å². The van der Waals surface area contributed by atoms with Crippen molar-refractivity contribution in [3.8, 4) is 0 Å². The average molecular weight is 266 g/mol. The summed E-state index contributed by atoms with van der Waals surface area (Å²) in [6.45, 7) is 2.32. The van der Waals surface area contributed by atoms with Crippen molar-refractivity contribution in [2.75, 3.05) is 6.61 Å². The summed E-state index contributed by atoms with van der Waals surface area (Å²) in [6, 6.07) is 10.3. The van der Waals surface area contributed by atoms with E-state index in [0.29, 0.717) is 30.3 Å². The van der Waals surface area contributed by atoms with E-state index in [0.717, 1.165) is 5.57 Å². The van der Waals surface area contributed by atoms with Crippen LogP contribution in [0.5, 0.6) is 0 Å². The highest BCUT2D eigenvalue weighted by Crippen LogP contribution is 2.63. The molecule has 1 saturated carbocycles. The normalized spacial score (nSPS) is 33.0. The van der Waals surface area contributed by atoms with E-state index in [2.05, 4.69) is 24.3 Å². The Morgan fingerprint density at radius 2 is 1.85 bits per heavy atom. The zero-order valence-corrected chi connectivity index (χ0v) is 11.6. The van der Waals surface area contributed by atoms with Crippen molar-refractivity contribution >= 4 is 11.5 Å². The topological polar surface area (TPSA) is 26.3 Å². The minimum Gasteiger partial charge on any atom is -0.463 e. The summed E-state index contributed by atoms with van der Waals surface area (Å²) in [6.07, 6.45) is 5.85. The SMILES string of the molecule is CCOC(=O)C1=C(c2ccccc2)[C@@H]2[C@H]1[C@H]1C=C[C@@H]2C1. The Balaban J connectivity index is 1.79. The molecule has 0 saturated heterocycles. The van der Waals surface area contributed by atoms with Gasteiger partial charge in [0.25, 0.3) is 0 Å². The lowest BCUT2D eigenvalue weighted by molar-refractivity contribution is -0.139. The quantitative estimate of drug-likeness (QED) is 0.618. The second-order valence-electron chi connectivity index (χ2n) is 5.91. The summed E-state index contributed by atoms with van der Waals surface area (Å²) in [5, 5.41) is 0. The number of hydrogen-bond acceptors (Lipinski definition) is 2. The standard InChI is InChI=1S/C18H18O2/c1-2-20-18(19)17-14(11-6-4-3-5-7-11)15-12-8-9-13(10-12)16(15)17/h3-9,12-13,15-16H,2,10H2,1H3/t12-,13+,15-,16-/m1/s1. The summed E-state index contributed by atoms with van der Waals surface area (Å²) >= 11 is 0. The Bertz CT molecular complexity index is 612. The Kier molecular flexibility index (Phi) is 2.59. The maximum atomic E-state index is 12.3. The van der Waals surface area contributed by atoms with E-state index in [-0.39, 0.29) is 5.97 Å². The minimum atomic E-state index is -0.103. The van der Waals surface area contributed by atoms with Gasteiger partial charge in [-0.25, -0.2) is 4.79 Å². The van der Waals surface area contributed by atoms with Crippen molar-refractivity contribution in [1.82, 2.24) is 0 Å². The molecule has 2 nitrogen and oxygen atoms in total. The molecule has 1 aromatic rings. The summed E-state index contributed by atoms with van der Waals surface area (Å²) in [5.74, 6) is 2.01. The lowest BCUT2D eigenvalue weighted by atomic mass is 9.61. The van der Waals surface area contributed by atoms with Gasteiger partial charge in [0.1, 0.15) is 0 Å². The number of carbonyl (C=O) groups is 1. The Morgan fingerprint density at radius 1 is 1.15 bits per heavy atom. The van der Waals surface area contributed by atoms with E-state index in [4.69, 9.17) is 4.74 Å². The van der Waals surface area contributed by atoms with Crippen LogP contribution in [0.15, 0.2) is 48.1 Å². The van der Waals surface area contributed by atoms with Crippen LogP contribution in [0.3, 0.4) is 0 Å². The molecule has 3 aliphatic rings. The van der Waals surface area contributed by atoms with E-state index in [1.54, 1.807) is 0 Å². The van der Waals surface area contributed by atoms with Gasteiger partial charge in [-0.3, -0.25) is 0 Å². The predicted molar refractivity (Wildman–Crippen MR) is 77.7 cm³/mol. The molecular weight excluding hydrogens is 248 g/mol.